The van der Waals surface area contributed by atoms with Gasteiger partial charge in [0.05, 0.1) is 0 Å². The van der Waals surface area contributed by atoms with Gasteiger partial charge in [-0.15, -0.1) is 0 Å². The molecule has 3 aliphatic rings. The van der Waals surface area contributed by atoms with E-state index in [2.05, 4.69) is 72.9 Å². The predicted molar refractivity (Wildman–Crippen MR) is 66.1 cm³/mol. The summed E-state index contributed by atoms with van der Waals surface area (Å²) in [5, 5.41) is 0. The molecule has 3 rings (SSSR count). The summed E-state index contributed by atoms with van der Waals surface area (Å²) in [5.41, 5.74) is 0. The fourth-order valence-electron chi connectivity index (χ4n) is 2.63. The first kappa shape index (κ1) is 21.0. The Balaban J connectivity index is 0.00000108. The standard InChI is InChI=1S/3C5H5.4Zr/c3*1-2-4-5-3-1;;;;/h3*1-5H;;;;/q;;;;-2;2*+1. The van der Waals surface area contributed by atoms with E-state index in [-0.39, 0.29) is 78.6 Å². The summed E-state index contributed by atoms with van der Waals surface area (Å²) in [5.74, 6) is 0. The van der Waals surface area contributed by atoms with Gasteiger partial charge in [0.2, 0.25) is 0 Å². The van der Waals surface area contributed by atoms with Crippen LogP contribution < -0.4 is 0 Å². The van der Waals surface area contributed by atoms with Gasteiger partial charge in [0.15, 0.2) is 0 Å². The maximum Gasteiger partial charge on any atom is 1.00 e. The first-order valence-corrected chi connectivity index (χ1v) is 10.1. The van der Waals surface area contributed by atoms with Crippen LogP contribution in [-0.4, -0.2) is 0 Å². The van der Waals surface area contributed by atoms with Crippen LogP contribution in [0.2, 0.25) is 10.9 Å². The van der Waals surface area contributed by atoms with Crippen LogP contribution in [0.25, 0.3) is 0 Å². The average Bonchev–Trinajstić information content (AvgIpc) is 3.02. The van der Waals surface area contributed by atoms with Crippen LogP contribution in [0.3, 0.4) is 0 Å². The van der Waals surface area contributed by atoms with Gasteiger partial charge in [0.1, 0.15) is 0 Å². The van der Waals surface area contributed by atoms with Crippen molar-refractivity contribution in [3.8, 4) is 0 Å². The maximum atomic E-state index is 2.41. The van der Waals surface area contributed by atoms with E-state index < -0.39 is 21.8 Å². The fraction of sp³-hybridized carbons (Fsp3) is 0.200. The Bertz CT molecular complexity index is 340. The molecule has 0 saturated heterocycles. The molecule has 0 bridgehead atoms. The van der Waals surface area contributed by atoms with Gasteiger partial charge >= 0.3 is 158 Å². The molecule has 0 N–H and O–H groups in total. The molecule has 0 aliphatic heterocycles. The minimum atomic E-state index is -1.56. The number of allylic oxidation sites excluding steroid dienone is 12. The van der Waals surface area contributed by atoms with E-state index in [9.17, 15) is 0 Å². The molecule has 0 aromatic carbocycles. The topological polar surface area (TPSA) is 0 Å². The Kier molecular flexibility index (Phi) is 11.8. The first-order chi connectivity index (χ1) is 7.95. The second kappa shape index (κ2) is 10.7. The zero-order valence-electron chi connectivity index (χ0n) is 10.7. The molecule has 0 saturated carbocycles. The predicted octanol–water partition coefficient (Wildman–Crippen LogP) is 4.34. The van der Waals surface area contributed by atoms with Crippen LogP contribution in [0.1, 0.15) is 0 Å². The van der Waals surface area contributed by atoms with E-state index >= 15 is 0 Å². The third-order valence-electron chi connectivity index (χ3n) is 3.40. The van der Waals surface area contributed by atoms with Crippen LogP contribution in [0.15, 0.2) is 72.9 Å². The summed E-state index contributed by atoms with van der Waals surface area (Å²) in [6, 6.07) is 0. The van der Waals surface area contributed by atoms with Crippen molar-refractivity contribution in [1.29, 1.82) is 0 Å². The fourth-order valence-corrected chi connectivity index (χ4v) is 10.8. The molecule has 91 valence electrons. The Morgan fingerprint density at radius 3 is 0.895 bits per heavy atom. The monoisotopic (exact) mass is 555 g/mol. The normalized spacial score (nSPS) is 20.1. The molecule has 0 aromatic heterocycles. The average molecular weight is 560 g/mol. The third-order valence-corrected chi connectivity index (χ3v) is 11.9. The summed E-state index contributed by atoms with van der Waals surface area (Å²) < 4.78 is 2.33. The van der Waals surface area contributed by atoms with Crippen LogP contribution in [-0.2, 0) is 100 Å². The van der Waals surface area contributed by atoms with Crippen molar-refractivity contribution < 1.29 is 100 Å². The van der Waals surface area contributed by atoms with Gasteiger partial charge in [-0.2, -0.15) is 0 Å². The molecule has 0 fully saturated rings. The molecule has 3 aliphatic carbocycles. The van der Waals surface area contributed by atoms with Crippen molar-refractivity contribution in [2.75, 3.05) is 0 Å². The minimum absolute atomic E-state index is 0. The van der Waals surface area contributed by atoms with Gasteiger partial charge in [-0.25, -0.2) is 0 Å². The molecule has 19 heavy (non-hydrogen) atoms. The smallest absolute Gasteiger partial charge is 0 e. The maximum absolute atomic E-state index is 2.41. The van der Waals surface area contributed by atoms with Crippen LogP contribution in [0.4, 0.5) is 0 Å². The summed E-state index contributed by atoms with van der Waals surface area (Å²) in [4.78, 5) is 0. The van der Waals surface area contributed by atoms with Crippen molar-refractivity contribution in [3.63, 3.8) is 0 Å². The minimum Gasteiger partial charge on any atom is 0 e. The quantitative estimate of drug-likeness (QED) is 0.483. The molecule has 4 heteroatoms. The summed E-state index contributed by atoms with van der Waals surface area (Å²) in [6.07, 6.45) is 27.8. The van der Waals surface area contributed by atoms with E-state index in [1.54, 1.807) is 0 Å². The Morgan fingerprint density at radius 2 is 0.684 bits per heavy atom. The molecule has 0 spiro atoms. The van der Waals surface area contributed by atoms with E-state index in [1.165, 1.54) is 0 Å². The van der Waals surface area contributed by atoms with Crippen LogP contribution in [0.5, 0.6) is 0 Å². The summed E-state index contributed by atoms with van der Waals surface area (Å²) in [6.45, 7) is 0. The zero-order valence-corrected chi connectivity index (χ0v) is 20.5. The van der Waals surface area contributed by atoms with Gasteiger partial charge in [-0.1, -0.05) is 0 Å². The zero-order chi connectivity index (χ0) is 10.8. The second-order valence-electron chi connectivity index (χ2n) is 4.39. The van der Waals surface area contributed by atoms with Crippen molar-refractivity contribution in [2.24, 2.45) is 0 Å². The van der Waals surface area contributed by atoms with E-state index in [4.69, 9.17) is 0 Å². The molecule has 2 radical (unpaired) electrons. The van der Waals surface area contributed by atoms with Gasteiger partial charge < -0.3 is 0 Å². The van der Waals surface area contributed by atoms with Gasteiger partial charge in [0.25, 0.3) is 0 Å². The second-order valence-corrected chi connectivity index (χ2v) is 11.8. The third kappa shape index (κ3) is 5.27. The van der Waals surface area contributed by atoms with Crippen molar-refractivity contribution >= 4 is 0 Å². The summed E-state index contributed by atoms with van der Waals surface area (Å²) in [7, 11) is 0. The Morgan fingerprint density at radius 1 is 0.474 bits per heavy atom. The molecule has 0 atom stereocenters. The Hall–Kier alpha value is 1.97. The molecule has 0 nitrogen and oxygen atoms in total. The van der Waals surface area contributed by atoms with Crippen LogP contribution in [0, 0.1) is 0 Å². The summed E-state index contributed by atoms with van der Waals surface area (Å²) >= 11 is -1.56. The van der Waals surface area contributed by atoms with E-state index in [1.807, 2.05) is 0 Å². The Labute approximate surface area is 181 Å². The molecule has 0 aromatic rings. The van der Waals surface area contributed by atoms with Gasteiger partial charge in [-0.05, 0) is 0 Å². The van der Waals surface area contributed by atoms with Crippen molar-refractivity contribution in [1.82, 2.24) is 0 Å². The molecular weight excluding hydrogens is 545 g/mol. The SMILES string of the molecule is C1=C[CH]([Zr-2]([CH]2C=CC=C2)[CH]2C=CC=C2)C=C1.[Zr+].[Zr+].[Zr]. The molecular formula is C15H15Zr4. The van der Waals surface area contributed by atoms with Crippen LogP contribution >= 0.6 is 0 Å². The number of rotatable bonds is 3. The van der Waals surface area contributed by atoms with E-state index in [0.29, 0.717) is 0 Å². The number of hydrogen-bond donors (Lipinski definition) is 0. The van der Waals surface area contributed by atoms with Crippen molar-refractivity contribution in [2.45, 2.75) is 10.9 Å². The van der Waals surface area contributed by atoms with Gasteiger partial charge in [0, 0.05) is 26.2 Å². The van der Waals surface area contributed by atoms with E-state index in [0.717, 1.165) is 10.9 Å². The number of hydrogen-bond acceptors (Lipinski definition) is 0. The first-order valence-electron chi connectivity index (χ1n) is 5.87. The largest absolute Gasteiger partial charge is 1.00 e. The van der Waals surface area contributed by atoms with Crippen molar-refractivity contribution in [3.05, 3.63) is 72.9 Å². The van der Waals surface area contributed by atoms with Gasteiger partial charge in [-0.3, -0.25) is 0 Å². The molecule has 0 amide bonds. The molecule has 0 heterocycles. The molecule has 0 unspecified atom stereocenters.